The smallest absolute Gasteiger partial charge is 0.335 e. The molecule has 1 heterocycles. The molecule has 2 N–H and O–H groups in total. The van der Waals surface area contributed by atoms with Gasteiger partial charge in [-0.3, -0.25) is 5.10 Å². The normalized spacial score (nSPS) is 12.0. The molecule has 0 bridgehead atoms. The van der Waals surface area contributed by atoms with E-state index in [4.69, 9.17) is 5.11 Å². The number of rotatable bonds is 7. The van der Waals surface area contributed by atoms with E-state index in [9.17, 15) is 4.79 Å². The minimum atomic E-state index is -0.913. The molecule has 1 unspecified atom stereocenters. The van der Waals surface area contributed by atoms with Gasteiger partial charge in [-0.25, -0.2) is 9.78 Å². The molecule has 0 saturated carbocycles. The average molecular weight is 353 g/mol. The first-order valence-electron chi connectivity index (χ1n) is 8.09. The van der Waals surface area contributed by atoms with Crippen molar-refractivity contribution in [1.82, 2.24) is 15.2 Å². The average Bonchev–Trinajstić information content (AvgIpc) is 3.10. The third-order valence-corrected chi connectivity index (χ3v) is 4.91. The van der Waals surface area contributed by atoms with E-state index in [-0.39, 0.29) is 5.92 Å². The molecule has 0 fully saturated rings. The van der Waals surface area contributed by atoms with Gasteiger partial charge in [-0.15, -0.1) is 5.10 Å². The van der Waals surface area contributed by atoms with E-state index in [1.54, 1.807) is 12.1 Å². The van der Waals surface area contributed by atoms with Crippen molar-refractivity contribution in [2.45, 2.75) is 30.2 Å². The summed E-state index contributed by atoms with van der Waals surface area (Å²) in [7, 11) is 0. The fourth-order valence-electron chi connectivity index (χ4n) is 2.64. The van der Waals surface area contributed by atoms with Gasteiger partial charge in [0.05, 0.1) is 5.56 Å². The van der Waals surface area contributed by atoms with Crippen molar-refractivity contribution in [3.63, 3.8) is 0 Å². The van der Waals surface area contributed by atoms with Gasteiger partial charge >= 0.3 is 5.97 Å². The van der Waals surface area contributed by atoms with Crippen molar-refractivity contribution in [3.05, 3.63) is 77.1 Å². The summed E-state index contributed by atoms with van der Waals surface area (Å²) in [6, 6.07) is 17.2. The molecule has 2 aromatic carbocycles. The van der Waals surface area contributed by atoms with Crippen LogP contribution in [-0.4, -0.2) is 26.3 Å². The first-order valence-corrected chi connectivity index (χ1v) is 9.08. The Morgan fingerprint density at radius 1 is 1.16 bits per heavy atom. The molecular formula is C19H19N3O2S. The maximum Gasteiger partial charge on any atom is 0.335 e. The van der Waals surface area contributed by atoms with Gasteiger partial charge in [0.15, 0.2) is 0 Å². The summed E-state index contributed by atoms with van der Waals surface area (Å²) in [5.74, 6) is 0.860. The highest BCUT2D eigenvalue weighted by Crippen LogP contribution is 2.27. The highest BCUT2D eigenvalue weighted by Gasteiger charge is 2.16. The molecule has 6 heteroatoms. The van der Waals surface area contributed by atoms with Crippen LogP contribution in [0, 0.1) is 0 Å². The van der Waals surface area contributed by atoms with Gasteiger partial charge in [0.25, 0.3) is 0 Å². The number of carboxylic acid groups (broad SMARTS) is 1. The van der Waals surface area contributed by atoms with Crippen LogP contribution in [-0.2, 0) is 5.75 Å². The lowest BCUT2D eigenvalue weighted by Gasteiger charge is -2.11. The molecule has 0 amide bonds. The van der Waals surface area contributed by atoms with E-state index >= 15 is 0 Å². The molecule has 0 aliphatic rings. The monoisotopic (exact) mass is 353 g/mol. The molecule has 128 valence electrons. The minimum absolute atomic E-state index is 0.206. The van der Waals surface area contributed by atoms with E-state index in [1.807, 2.05) is 30.3 Å². The molecule has 0 aliphatic carbocycles. The predicted molar refractivity (Wildman–Crippen MR) is 97.9 cm³/mol. The van der Waals surface area contributed by atoms with Crippen molar-refractivity contribution >= 4 is 17.7 Å². The van der Waals surface area contributed by atoms with Crippen LogP contribution < -0.4 is 0 Å². The largest absolute Gasteiger partial charge is 0.478 e. The van der Waals surface area contributed by atoms with Gasteiger partial charge in [0.2, 0.25) is 5.16 Å². The summed E-state index contributed by atoms with van der Waals surface area (Å²) in [5.41, 5.74) is 2.56. The Bertz CT molecular complexity index is 831. The Morgan fingerprint density at radius 3 is 2.52 bits per heavy atom. The fourth-order valence-corrected chi connectivity index (χ4v) is 3.40. The Kier molecular flexibility index (Phi) is 5.50. The molecule has 3 aromatic rings. The van der Waals surface area contributed by atoms with Gasteiger partial charge in [-0.2, -0.15) is 0 Å². The summed E-state index contributed by atoms with van der Waals surface area (Å²) in [6.07, 6.45) is 0.944. The van der Waals surface area contributed by atoms with E-state index in [0.29, 0.717) is 16.5 Å². The molecule has 5 nitrogen and oxygen atoms in total. The lowest BCUT2D eigenvalue weighted by molar-refractivity contribution is 0.0697. The summed E-state index contributed by atoms with van der Waals surface area (Å²) in [4.78, 5) is 15.5. The summed E-state index contributed by atoms with van der Waals surface area (Å²) in [6.45, 7) is 2.14. The van der Waals surface area contributed by atoms with Crippen molar-refractivity contribution in [2.75, 3.05) is 0 Å². The number of hydrogen-bond acceptors (Lipinski definition) is 4. The van der Waals surface area contributed by atoms with Gasteiger partial charge < -0.3 is 5.11 Å². The standard InChI is InChI=1S/C19H19N3O2S/c1-2-16(14-6-4-3-5-7-14)17-20-19(22-21-17)25-12-13-8-10-15(11-9-13)18(23)24/h3-11,16H,2,12H2,1H3,(H,23,24)(H,20,21,22). The molecule has 3 rings (SSSR count). The van der Waals surface area contributed by atoms with Crippen LogP contribution in [0.4, 0.5) is 0 Å². The highest BCUT2D eigenvalue weighted by molar-refractivity contribution is 7.98. The van der Waals surface area contributed by atoms with E-state index in [1.165, 1.54) is 17.3 Å². The van der Waals surface area contributed by atoms with Gasteiger partial charge in [-0.05, 0) is 29.7 Å². The van der Waals surface area contributed by atoms with Crippen LogP contribution >= 0.6 is 11.8 Å². The lowest BCUT2D eigenvalue weighted by atomic mass is 9.96. The van der Waals surface area contributed by atoms with Crippen LogP contribution in [0.2, 0.25) is 0 Å². The fraction of sp³-hybridized carbons (Fsp3) is 0.211. The van der Waals surface area contributed by atoms with Crippen LogP contribution in [0.25, 0.3) is 0 Å². The number of nitrogens with one attached hydrogen (secondary N) is 1. The van der Waals surface area contributed by atoms with Crippen molar-refractivity contribution < 1.29 is 9.90 Å². The third kappa shape index (κ3) is 4.28. The molecule has 0 aliphatic heterocycles. The number of thioether (sulfide) groups is 1. The Morgan fingerprint density at radius 2 is 1.88 bits per heavy atom. The second-order valence-corrected chi connectivity index (χ2v) is 6.61. The van der Waals surface area contributed by atoms with Gasteiger partial charge in [0, 0.05) is 11.7 Å². The maximum absolute atomic E-state index is 10.9. The van der Waals surface area contributed by atoms with Crippen molar-refractivity contribution in [2.24, 2.45) is 0 Å². The van der Waals surface area contributed by atoms with Gasteiger partial charge in [-0.1, -0.05) is 61.2 Å². The first kappa shape index (κ1) is 17.2. The van der Waals surface area contributed by atoms with Crippen LogP contribution in [0.15, 0.2) is 59.8 Å². The number of H-pyrrole nitrogens is 1. The van der Waals surface area contributed by atoms with Gasteiger partial charge in [0.1, 0.15) is 5.82 Å². The zero-order valence-corrected chi connectivity index (χ0v) is 14.7. The molecule has 0 saturated heterocycles. The van der Waals surface area contributed by atoms with Crippen LogP contribution in [0.3, 0.4) is 0 Å². The van der Waals surface area contributed by atoms with Crippen molar-refractivity contribution in [3.8, 4) is 0 Å². The topological polar surface area (TPSA) is 78.9 Å². The number of carbonyl (C=O) groups is 1. The summed E-state index contributed by atoms with van der Waals surface area (Å²) in [5, 5.41) is 17.0. The van der Waals surface area contributed by atoms with Crippen LogP contribution in [0.1, 0.15) is 46.6 Å². The summed E-state index contributed by atoms with van der Waals surface area (Å²) < 4.78 is 0. The number of aromatic nitrogens is 3. The second-order valence-electron chi connectivity index (χ2n) is 5.67. The molecule has 1 aromatic heterocycles. The van der Waals surface area contributed by atoms with Crippen LogP contribution in [0.5, 0.6) is 0 Å². The lowest BCUT2D eigenvalue weighted by Crippen LogP contribution is -2.01. The van der Waals surface area contributed by atoms with Crippen molar-refractivity contribution in [1.29, 1.82) is 0 Å². The second kappa shape index (κ2) is 7.98. The maximum atomic E-state index is 10.9. The first-order chi connectivity index (χ1) is 12.2. The molecule has 0 spiro atoms. The number of aromatic amines is 1. The number of aromatic carboxylic acids is 1. The molecular weight excluding hydrogens is 334 g/mol. The SMILES string of the molecule is CCC(c1ccccc1)c1nc(SCc2ccc(C(=O)O)cc2)n[nH]1. The highest BCUT2D eigenvalue weighted by atomic mass is 32.2. The zero-order valence-electron chi connectivity index (χ0n) is 13.8. The quantitative estimate of drug-likeness (QED) is 0.618. The van der Waals surface area contributed by atoms with E-state index < -0.39 is 5.97 Å². The number of benzene rings is 2. The Labute approximate surface area is 150 Å². The predicted octanol–water partition coefficient (Wildman–Crippen LogP) is 4.34. The number of hydrogen-bond donors (Lipinski definition) is 2. The summed E-state index contributed by atoms with van der Waals surface area (Å²) >= 11 is 1.53. The minimum Gasteiger partial charge on any atom is -0.478 e. The van der Waals surface area contributed by atoms with E-state index in [0.717, 1.165) is 17.8 Å². The Balaban J connectivity index is 1.66. The van der Waals surface area contributed by atoms with E-state index in [2.05, 4.69) is 34.2 Å². The molecule has 1 atom stereocenters. The zero-order chi connectivity index (χ0) is 17.6. The molecule has 0 radical (unpaired) electrons. The number of nitrogens with zero attached hydrogens (tertiary/aromatic N) is 2. The molecule has 25 heavy (non-hydrogen) atoms. The Hall–Kier alpha value is -2.60. The third-order valence-electron chi connectivity index (χ3n) is 3.99. The number of carboxylic acids is 1.